The van der Waals surface area contributed by atoms with E-state index in [-0.39, 0.29) is 5.91 Å². The van der Waals surface area contributed by atoms with Crippen molar-refractivity contribution >= 4 is 11.6 Å². The topological polar surface area (TPSA) is 58.4 Å². The van der Waals surface area contributed by atoms with Gasteiger partial charge >= 0.3 is 0 Å². The molecule has 1 amide bonds. The number of anilines is 1. The fourth-order valence-corrected chi connectivity index (χ4v) is 2.11. The Morgan fingerprint density at radius 1 is 1.25 bits per heavy atom. The molecule has 112 valence electrons. The number of nitrogens with zero attached hydrogens (tertiary/aromatic N) is 1. The van der Waals surface area contributed by atoms with E-state index in [1.807, 2.05) is 24.3 Å². The number of hydrogen-bond acceptors (Lipinski definition) is 3. The van der Waals surface area contributed by atoms with Gasteiger partial charge in [0.25, 0.3) is 0 Å². The number of carbonyl (C=O) groups is 1. The number of amides is 1. The van der Waals surface area contributed by atoms with Gasteiger partial charge in [0.15, 0.2) is 0 Å². The predicted molar refractivity (Wildman–Crippen MR) is 84.6 cm³/mol. The average Bonchev–Trinajstić information content (AvgIpc) is 2.44. The second-order valence-corrected chi connectivity index (χ2v) is 5.33. The van der Waals surface area contributed by atoms with E-state index in [0.29, 0.717) is 19.0 Å². The Kier molecular flexibility index (Phi) is 7.26. The molecule has 0 unspecified atom stereocenters. The van der Waals surface area contributed by atoms with Crippen molar-refractivity contribution in [2.24, 2.45) is 5.73 Å². The summed E-state index contributed by atoms with van der Waals surface area (Å²) in [6.45, 7) is 8.86. The highest BCUT2D eigenvalue weighted by molar-refractivity contribution is 5.90. The number of nitrogens with one attached hydrogen (secondary N) is 1. The lowest BCUT2D eigenvalue weighted by molar-refractivity contribution is -0.116. The van der Waals surface area contributed by atoms with Gasteiger partial charge in [-0.2, -0.15) is 0 Å². The van der Waals surface area contributed by atoms with E-state index >= 15 is 0 Å². The smallest absolute Gasteiger partial charge is 0.225 e. The summed E-state index contributed by atoms with van der Waals surface area (Å²) in [6, 6.07) is 8.14. The molecule has 4 heteroatoms. The summed E-state index contributed by atoms with van der Waals surface area (Å²) in [5.74, 6) is 0.0623. The Morgan fingerprint density at radius 3 is 2.40 bits per heavy atom. The molecule has 0 atom stereocenters. The number of rotatable bonds is 8. The van der Waals surface area contributed by atoms with Crippen molar-refractivity contribution in [2.45, 2.75) is 46.2 Å². The lowest BCUT2D eigenvalue weighted by Gasteiger charge is -2.25. The third-order valence-corrected chi connectivity index (χ3v) is 3.34. The molecule has 0 bridgehead atoms. The first kappa shape index (κ1) is 16.7. The highest BCUT2D eigenvalue weighted by atomic mass is 16.1. The van der Waals surface area contributed by atoms with Gasteiger partial charge in [0.1, 0.15) is 0 Å². The van der Waals surface area contributed by atoms with Crippen LogP contribution in [0.2, 0.25) is 0 Å². The van der Waals surface area contributed by atoms with E-state index in [1.54, 1.807) is 0 Å². The van der Waals surface area contributed by atoms with E-state index in [1.165, 1.54) is 0 Å². The molecular weight excluding hydrogens is 250 g/mol. The maximum absolute atomic E-state index is 11.9. The van der Waals surface area contributed by atoms with Crippen LogP contribution >= 0.6 is 0 Å². The van der Waals surface area contributed by atoms with E-state index in [0.717, 1.165) is 30.8 Å². The van der Waals surface area contributed by atoms with Crippen LogP contribution in [0, 0.1) is 0 Å². The molecule has 20 heavy (non-hydrogen) atoms. The molecule has 0 aliphatic carbocycles. The minimum atomic E-state index is 0.0623. The molecule has 0 fully saturated rings. The summed E-state index contributed by atoms with van der Waals surface area (Å²) in [4.78, 5) is 14.3. The Bertz CT molecular complexity index is 401. The van der Waals surface area contributed by atoms with Crippen molar-refractivity contribution in [3.8, 4) is 0 Å². The van der Waals surface area contributed by atoms with Crippen molar-refractivity contribution in [1.29, 1.82) is 0 Å². The lowest BCUT2D eigenvalue weighted by Crippen LogP contribution is -2.34. The molecule has 0 aromatic heterocycles. The predicted octanol–water partition coefficient (Wildman–Crippen LogP) is 2.59. The molecule has 0 saturated carbocycles. The van der Waals surface area contributed by atoms with Gasteiger partial charge in [-0.25, -0.2) is 0 Å². The number of benzene rings is 1. The summed E-state index contributed by atoms with van der Waals surface area (Å²) in [5, 5.41) is 2.92. The standard InChI is InChI=1S/C16H27N3O/c1-4-10-19(13(2)3)11-9-16(20)18-15-7-5-14(12-17)6-8-15/h5-8,13H,4,9-12,17H2,1-3H3,(H,18,20). The van der Waals surface area contributed by atoms with E-state index in [4.69, 9.17) is 5.73 Å². The fraction of sp³-hybridized carbons (Fsp3) is 0.562. The summed E-state index contributed by atoms with van der Waals surface area (Å²) in [6.07, 6.45) is 1.64. The van der Waals surface area contributed by atoms with Crippen LogP contribution in [-0.2, 0) is 11.3 Å². The SMILES string of the molecule is CCCN(CCC(=O)Nc1ccc(CN)cc1)C(C)C. The molecule has 0 aliphatic rings. The molecule has 0 saturated heterocycles. The molecule has 0 aliphatic heterocycles. The molecule has 1 aromatic carbocycles. The summed E-state index contributed by atoms with van der Waals surface area (Å²) < 4.78 is 0. The quantitative estimate of drug-likeness (QED) is 0.768. The first-order valence-electron chi connectivity index (χ1n) is 7.39. The Hall–Kier alpha value is -1.39. The summed E-state index contributed by atoms with van der Waals surface area (Å²) >= 11 is 0. The average molecular weight is 277 g/mol. The molecule has 0 spiro atoms. The van der Waals surface area contributed by atoms with Crippen LogP contribution in [0.1, 0.15) is 39.2 Å². The maximum atomic E-state index is 11.9. The molecule has 0 radical (unpaired) electrons. The van der Waals surface area contributed by atoms with Crippen LogP contribution < -0.4 is 11.1 Å². The van der Waals surface area contributed by atoms with Crippen molar-refractivity contribution in [1.82, 2.24) is 4.90 Å². The highest BCUT2D eigenvalue weighted by Crippen LogP contribution is 2.10. The van der Waals surface area contributed by atoms with E-state index < -0.39 is 0 Å². The number of nitrogens with two attached hydrogens (primary N) is 1. The minimum Gasteiger partial charge on any atom is -0.326 e. The first-order valence-corrected chi connectivity index (χ1v) is 7.39. The van der Waals surface area contributed by atoms with Crippen LogP contribution in [0.4, 0.5) is 5.69 Å². The van der Waals surface area contributed by atoms with Gasteiger partial charge in [-0.1, -0.05) is 19.1 Å². The third kappa shape index (κ3) is 5.72. The normalized spacial score (nSPS) is 11.1. The third-order valence-electron chi connectivity index (χ3n) is 3.34. The van der Waals surface area contributed by atoms with Crippen LogP contribution in [0.5, 0.6) is 0 Å². The van der Waals surface area contributed by atoms with Gasteiger partial charge < -0.3 is 16.0 Å². The molecule has 1 rings (SSSR count). The van der Waals surface area contributed by atoms with E-state index in [9.17, 15) is 4.79 Å². The van der Waals surface area contributed by atoms with Gasteiger partial charge in [-0.05, 0) is 44.5 Å². The zero-order chi connectivity index (χ0) is 15.0. The minimum absolute atomic E-state index is 0.0623. The second-order valence-electron chi connectivity index (χ2n) is 5.33. The van der Waals surface area contributed by atoms with Crippen molar-refractivity contribution < 1.29 is 4.79 Å². The van der Waals surface area contributed by atoms with Gasteiger partial charge in [0.2, 0.25) is 5.91 Å². The van der Waals surface area contributed by atoms with Gasteiger partial charge in [0.05, 0.1) is 0 Å². The van der Waals surface area contributed by atoms with Crippen LogP contribution in [-0.4, -0.2) is 29.9 Å². The summed E-state index contributed by atoms with van der Waals surface area (Å²) in [7, 11) is 0. The molecule has 3 N–H and O–H groups in total. The molecule has 1 aromatic rings. The summed E-state index contributed by atoms with van der Waals surface area (Å²) in [5.41, 5.74) is 7.44. The first-order chi connectivity index (χ1) is 9.56. The maximum Gasteiger partial charge on any atom is 0.225 e. The molecule has 4 nitrogen and oxygen atoms in total. The van der Waals surface area contributed by atoms with Crippen LogP contribution in [0.15, 0.2) is 24.3 Å². The van der Waals surface area contributed by atoms with Gasteiger partial charge in [-0.15, -0.1) is 0 Å². The number of carbonyl (C=O) groups excluding carboxylic acids is 1. The van der Waals surface area contributed by atoms with E-state index in [2.05, 4.69) is 31.0 Å². The zero-order valence-corrected chi connectivity index (χ0v) is 12.9. The largest absolute Gasteiger partial charge is 0.326 e. The van der Waals surface area contributed by atoms with Crippen LogP contribution in [0.25, 0.3) is 0 Å². The van der Waals surface area contributed by atoms with Gasteiger partial charge in [-0.3, -0.25) is 4.79 Å². The zero-order valence-electron chi connectivity index (χ0n) is 12.9. The Morgan fingerprint density at radius 2 is 1.90 bits per heavy atom. The van der Waals surface area contributed by atoms with Crippen molar-refractivity contribution in [3.63, 3.8) is 0 Å². The van der Waals surface area contributed by atoms with Crippen molar-refractivity contribution in [2.75, 3.05) is 18.4 Å². The molecule has 0 heterocycles. The Labute approximate surface area is 122 Å². The molecular formula is C16H27N3O. The monoisotopic (exact) mass is 277 g/mol. The Balaban J connectivity index is 2.42. The second kappa shape index (κ2) is 8.72. The van der Waals surface area contributed by atoms with Crippen LogP contribution in [0.3, 0.4) is 0 Å². The van der Waals surface area contributed by atoms with Crippen molar-refractivity contribution in [3.05, 3.63) is 29.8 Å². The highest BCUT2D eigenvalue weighted by Gasteiger charge is 2.10. The van der Waals surface area contributed by atoms with Gasteiger partial charge in [0, 0.05) is 31.2 Å². The fourth-order valence-electron chi connectivity index (χ4n) is 2.11. The lowest BCUT2D eigenvalue weighted by atomic mass is 10.2. The number of hydrogen-bond donors (Lipinski definition) is 2.